The maximum absolute atomic E-state index is 11.7. The molecular weight excluding hydrogens is 282 g/mol. The Morgan fingerprint density at radius 2 is 1.95 bits per heavy atom. The molecule has 1 N–H and O–H groups in total. The molecular formula is C17H21NO2S. The SMILES string of the molecule is CCCOC(=O)c1ccc(NCc2cc(C)sc2C)cc1. The summed E-state index contributed by atoms with van der Waals surface area (Å²) in [5.41, 5.74) is 2.92. The number of aryl methyl sites for hydroxylation is 2. The number of rotatable bonds is 6. The zero-order valence-corrected chi connectivity index (χ0v) is 13.5. The van der Waals surface area contributed by atoms with E-state index >= 15 is 0 Å². The van der Waals surface area contributed by atoms with Gasteiger partial charge in [-0.15, -0.1) is 11.3 Å². The van der Waals surface area contributed by atoms with Crippen molar-refractivity contribution in [2.75, 3.05) is 11.9 Å². The molecule has 3 nitrogen and oxygen atoms in total. The number of benzene rings is 1. The fourth-order valence-corrected chi connectivity index (χ4v) is 3.00. The fraction of sp³-hybridized carbons (Fsp3) is 0.353. The number of esters is 1. The van der Waals surface area contributed by atoms with Crippen molar-refractivity contribution in [2.45, 2.75) is 33.7 Å². The van der Waals surface area contributed by atoms with Crippen LogP contribution in [-0.2, 0) is 11.3 Å². The largest absolute Gasteiger partial charge is 0.462 e. The maximum atomic E-state index is 11.7. The Labute approximate surface area is 130 Å². The highest BCUT2D eigenvalue weighted by molar-refractivity contribution is 7.12. The van der Waals surface area contributed by atoms with Crippen LogP contribution in [0.2, 0.25) is 0 Å². The van der Waals surface area contributed by atoms with Crippen LogP contribution in [0, 0.1) is 13.8 Å². The first-order valence-corrected chi connectivity index (χ1v) is 7.98. The van der Waals surface area contributed by atoms with E-state index in [1.807, 2.05) is 30.4 Å². The van der Waals surface area contributed by atoms with Crippen LogP contribution in [0.5, 0.6) is 0 Å². The lowest BCUT2D eigenvalue weighted by Gasteiger charge is -2.07. The average Bonchev–Trinajstić information content (AvgIpc) is 2.81. The van der Waals surface area contributed by atoms with E-state index in [2.05, 4.69) is 25.2 Å². The van der Waals surface area contributed by atoms with Gasteiger partial charge in [-0.3, -0.25) is 0 Å². The van der Waals surface area contributed by atoms with Gasteiger partial charge in [0.25, 0.3) is 0 Å². The number of anilines is 1. The average molecular weight is 303 g/mol. The number of nitrogens with one attached hydrogen (secondary N) is 1. The molecule has 1 aromatic heterocycles. The van der Waals surface area contributed by atoms with Crippen LogP contribution in [0.15, 0.2) is 30.3 Å². The van der Waals surface area contributed by atoms with Gasteiger partial charge in [-0.25, -0.2) is 4.79 Å². The lowest BCUT2D eigenvalue weighted by molar-refractivity contribution is 0.0505. The molecule has 0 atom stereocenters. The van der Waals surface area contributed by atoms with E-state index in [9.17, 15) is 4.79 Å². The van der Waals surface area contributed by atoms with Crippen molar-refractivity contribution in [3.8, 4) is 0 Å². The third-order valence-corrected chi connectivity index (χ3v) is 4.19. The molecule has 0 bridgehead atoms. The topological polar surface area (TPSA) is 38.3 Å². The Morgan fingerprint density at radius 3 is 2.52 bits per heavy atom. The zero-order valence-electron chi connectivity index (χ0n) is 12.7. The van der Waals surface area contributed by atoms with Gasteiger partial charge in [0.1, 0.15) is 0 Å². The summed E-state index contributed by atoms with van der Waals surface area (Å²) in [5, 5.41) is 3.38. The number of thiophene rings is 1. The van der Waals surface area contributed by atoms with Crippen LogP contribution in [-0.4, -0.2) is 12.6 Å². The second kappa shape index (κ2) is 7.27. The highest BCUT2D eigenvalue weighted by atomic mass is 32.1. The molecule has 0 aliphatic carbocycles. The van der Waals surface area contributed by atoms with Crippen LogP contribution in [0.25, 0.3) is 0 Å². The summed E-state index contributed by atoms with van der Waals surface area (Å²) in [4.78, 5) is 14.4. The highest BCUT2D eigenvalue weighted by Gasteiger charge is 2.06. The van der Waals surface area contributed by atoms with E-state index in [1.165, 1.54) is 15.3 Å². The molecule has 0 saturated heterocycles. The van der Waals surface area contributed by atoms with Gasteiger partial charge >= 0.3 is 5.97 Å². The smallest absolute Gasteiger partial charge is 0.338 e. The van der Waals surface area contributed by atoms with E-state index < -0.39 is 0 Å². The molecule has 112 valence electrons. The standard InChI is InChI=1S/C17H21NO2S/c1-4-9-20-17(19)14-5-7-16(8-6-14)18-11-15-10-12(2)21-13(15)3/h5-8,10,18H,4,9,11H2,1-3H3. The zero-order chi connectivity index (χ0) is 15.2. The summed E-state index contributed by atoms with van der Waals surface area (Å²) in [6.07, 6.45) is 0.838. The van der Waals surface area contributed by atoms with Crippen molar-refractivity contribution in [3.63, 3.8) is 0 Å². The molecule has 0 saturated carbocycles. The number of hydrogen-bond acceptors (Lipinski definition) is 4. The first-order chi connectivity index (χ1) is 10.1. The second-order valence-electron chi connectivity index (χ2n) is 5.01. The van der Waals surface area contributed by atoms with E-state index in [-0.39, 0.29) is 5.97 Å². The Hall–Kier alpha value is -1.81. The summed E-state index contributed by atoms with van der Waals surface area (Å²) in [5.74, 6) is -0.257. The van der Waals surface area contributed by atoms with Gasteiger partial charge < -0.3 is 10.1 Å². The molecule has 2 rings (SSSR count). The predicted molar refractivity (Wildman–Crippen MR) is 88.1 cm³/mol. The second-order valence-corrected chi connectivity index (χ2v) is 6.47. The van der Waals surface area contributed by atoms with Gasteiger partial charge in [0.05, 0.1) is 12.2 Å². The molecule has 0 radical (unpaired) electrons. The molecule has 0 spiro atoms. The monoisotopic (exact) mass is 303 g/mol. The molecule has 0 aliphatic heterocycles. The fourth-order valence-electron chi connectivity index (χ4n) is 2.06. The van der Waals surface area contributed by atoms with Crippen molar-refractivity contribution in [1.29, 1.82) is 0 Å². The maximum Gasteiger partial charge on any atom is 0.338 e. The first-order valence-electron chi connectivity index (χ1n) is 7.17. The van der Waals surface area contributed by atoms with E-state index in [0.717, 1.165) is 18.7 Å². The number of carbonyl (C=O) groups is 1. The highest BCUT2D eigenvalue weighted by Crippen LogP contribution is 2.21. The molecule has 1 aromatic carbocycles. The Kier molecular flexibility index (Phi) is 5.39. The molecule has 4 heteroatoms. The Morgan fingerprint density at radius 1 is 1.24 bits per heavy atom. The minimum absolute atomic E-state index is 0.257. The van der Waals surface area contributed by atoms with Crippen molar-refractivity contribution >= 4 is 23.0 Å². The lowest BCUT2D eigenvalue weighted by atomic mass is 10.2. The summed E-state index contributed by atoms with van der Waals surface area (Å²) in [7, 11) is 0. The Bertz CT molecular complexity index is 602. The minimum Gasteiger partial charge on any atom is -0.462 e. The van der Waals surface area contributed by atoms with E-state index in [1.54, 1.807) is 12.1 Å². The molecule has 0 amide bonds. The van der Waals surface area contributed by atoms with Gasteiger partial charge in [-0.2, -0.15) is 0 Å². The van der Waals surface area contributed by atoms with Gasteiger partial charge in [0.15, 0.2) is 0 Å². The quantitative estimate of drug-likeness (QED) is 0.796. The lowest BCUT2D eigenvalue weighted by Crippen LogP contribution is -2.06. The predicted octanol–water partition coefficient (Wildman–Crippen LogP) is 4.54. The van der Waals surface area contributed by atoms with Crippen molar-refractivity contribution < 1.29 is 9.53 Å². The van der Waals surface area contributed by atoms with Crippen molar-refractivity contribution in [2.24, 2.45) is 0 Å². The normalized spacial score (nSPS) is 10.4. The molecule has 1 heterocycles. The summed E-state index contributed by atoms with van der Waals surface area (Å²) in [6.45, 7) is 7.51. The van der Waals surface area contributed by atoms with Crippen molar-refractivity contribution in [1.82, 2.24) is 0 Å². The third kappa shape index (κ3) is 4.33. The summed E-state index contributed by atoms with van der Waals surface area (Å²) < 4.78 is 5.11. The first kappa shape index (κ1) is 15.6. The van der Waals surface area contributed by atoms with Crippen LogP contribution < -0.4 is 5.32 Å². The summed E-state index contributed by atoms with van der Waals surface area (Å²) in [6, 6.07) is 9.63. The molecule has 0 fully saturated rings. The Balaban J connectivity index is 1.93. The number of carbonyl (C=O) groups excluding carboxylic acids is 1. The van der Waals surface area contributed by atoms with Crippen LogP contribution in [0.4, 0.5) is 5.69 Å². The number of ether oxygens (including phenoxy) is 1. The number of hydrogen-bond donors (Lipinski definition) is 1. The molecule has 2 aromatic rings. The molecule has 0 aliphatic rings. The molecule has 21 heavy (non-hydrogen) atoms. The van der Waals surface area contributed by atoms with E-state index in [0.29, 0.717) is 12.2 Å². The minimum atomic E-state index is -0.257. The van der Waals surface area contributed by atoms with Crippen LogP contribution >= 0.6 is 11.3 Å². The van der Waals surface area contributed by atoms with Gasteiger partial charge in [0.2, 0.25) is 0 Å². The van der Waals surface area contributed by atoms with Crippen LogP contribution in [0.3, 0.4) is 0 Å². The van der Waals surface area contributed by atoms with Gasteiger partial charge in [-0.1, -0.05) is 6.92 Å². The van der Waals surface area contributed by atoms with Crippen molar-refractivity contribution in [3.05, 3.63) is 51.2 Å². The van der Waals surface area contributed by atoms with Gasteiger partial charge in [-0.05, 0) is 56.2 Å². The van der Waals surface area contributed by atoms with Crippen LogP contribution in [0.1, 0.15) is 39.0 Å². The molecule has 0 unspecified atom stereocenters. The summed E-state index contributed by atoms with van der Waals surface area (Å²) >= 11 is 1.82. The third-order valence-electron chi connectivity index (χ3n) is 3.18. The van der Waals surface area contributed by atoms with Gasteiger partial charge in [0, 0.05) is 22.0 Å². The van der Waals surface area contributed by atoms with E-state index in [4.69, 9.17) is 4.74 Å².